The first-order valence-electron chi connectivity index (χ1n) is 6.60. The third-order valence-corrected chi connectivity index (χ3v) is 4.10. The third-order valence-electron chi connectivity index (χ3n) is 3.20. The van der Waals surface area contributed by atoms with Gasteiger partial charge in [0.25, 0.3) is 0 Å². The van der Waals surface area contributed by atoms with Gasteiger partial charge in [0.2, 0.25) is 0 Å². The van der Waals surface area contributed by atoms with Crippen molar-refractivity contribution >= 4 is 11.3 Å². The largest absolute Gasteiger partial charge is 0.380 e. The Morgan fingerprint density at radius 1 is 1.61 bits per heavy atom. The zero-order chi connectivity index (χ0) is 13.0. The fourth-order valence-corrected chi connectivity index (χ4v) is 2.78. The van der Waals surface area contributed by atoms with E-state index in [-0.39, 0.29) is 0 Å². The molecule has 2 rings (SSSR count). The van der Waals surface area contributed by atoms with E-state index in [1.807, 2.05) is 0 Å². The quantitative estimate of drug-likeness (QED) is 0.855. The Hall–Kier alpha value is -0.490. The summed E-state index contributed by atoms with van der Waals surface area (Å²) >= 11 is 1.74. The summed E-state index contributed by atoms with van der Waals surface area (Å²) in [4.78, 5) is 7.02. The summed E-state index contributed by atoms with van der Waals surface area (Å²) < 4.78 is 5.42. The highest BCUT2D eigenvalue weighted by Crippen LogP contribution is 2.16. The van der Waals surface area contributed by atoms with Crippen LogP contribution in [-0.2, 0) is 17.8 Å². The maximum atomic E-state index is 5.42. The van der Waals surface area contributed by atoms with E-state index in [1.165, 1.54) is 10.7 Å². The number of hydrogen-bond acceptors (Lipinski definition) is 5. The van der Waals surface area contributed by atoms with Crippen LogP contribution in [0.25, 0.3) is 0 Å². The Morgan fingerprint density at radius 2 is 2.44 bits per heavy atom. The van der Waals surface area contributed by atoms with E-state index in [0.717, 1.165) is 32.7 Å². The molecule has 1 aromatic heterocycles. The fraction of sp³-hybridized carbons (Fsp3) is 0.769. The maximum absolute atomic E-state index is 5.42. The predicted molar refractivity (Wildman–Crippen MR) is 74.8 cm³/mol. The monoisotopic (exact) mass is 269 g/mol. The molecule has 0 radical (unpaired) electrons. The van der Waals surface area contributed by atoms with Gasteiger partial charge in [0, 0.05) is 37.2 Å². The van der Waals surface area contributed by atoms with E-state index in [4.69, 9.17) is 4.74 Å². The molecule has 5 heteroatoms. The van der Waals surface area contributed by atoms with Gasteiger partial charge >= 0.3 is 0 Å². The smallest absolute Gasteiger partial charge is 0.107 e. The van der Waals surface area contributed by atoms with Crippen LogP contribution >= 0.6 is 11.3 Å². The van der Waals surface area contributed by atoms with Gasteiger partial charge in [0.1, 0.15) is 5.01 Å². The second-order valence-electron chi connectivity index (χ2n) is 5.20. The molecule has 1 aliphatic rings. The summed E-state index contributed by atoms with van der Waals surface area (Å²) in [5.74, 6) is 0. The van der Waals surface area contributed by atoms with Crippen molar-refractivity contribution in [2.24, 2.45) is 0 Å². The van der Waals surface area contributed by atoms with E-state index < -0.39 is 0 Å². The maximum Gasteiger partial charge on any atom is 0.107 e. The van der Waals surface area contributed by atoms with Crippen LogP contribution in [0, 0.1) is 0 Å². The molecule has 1 aliphatic heterocycles. The molecule has 0 bridgehead atoms. The molecule has 102 valence electrons. The zero-order valence-electron chi connectivity index (χ0n) is 11.5. The Balaban J connectivity index is 1.82. The van der Waals surface area contributed by atoms with Crippen molar-refractivity contribution in [3.8, 4) is 0 Å². The van der Waals surface area contributed by atoms with Crippen molar-refractivity contribution in [1.82, 2.24) is 15.2 Å². The molecule has 0 saturated carbocycles. The standard InChI is InChI=1S/C13H23N3OS/c1-10(2)14-6-13-15-11(9-18-13)7-16(3)12-4-5-17-8-12/h9-10,12,14H,4-8H2,1-3H3. The average molecular weight is 269 g/mol. The molecule has 4 nitrogen and oxygen atoms in total. The molecular formula is C13H23N3OS. The lowest BCUT2D eigenvalue weighted by molar-refractivity contribution is 0.156. The number of rotatable bonds is 6. The summed E-state index contributed by atoms with van der Waals surface area (Å²) in [6, 6.07) is 1.07. The van der Waals surface area contributed by atoms with Crippen molar-refractivity contribution in [3.05, 3.63) is 16.1 Å². The van der Waals surface area contributed by atoms with Crippen LogP contribution in [0.4, 0.5) is 0 Å². The van der Waals surface area contributed by atoms with E-state index >= 15 is 0 Å². The van der Waals surface area contributed by atoms with Gasteiger partial charge in [-0.05, 0) is 13.5 Å². The molecule has 18 heavy (non-hydrogen) atoms. The van der Waals surface area contributed by atoms with E-state index in [2.05, 4.69) is 41.5 Å². The van der Waals surface area contributed by atoms with Gasteiger partial charge in [-0.25, -0.2) is 4.98 Å². The molecule has 1 atom stereocenters. The van der Waals surface area contributed by atoms with Crippen molar-refractivity contribution in [3.63, 3.8) is 0 Å². The van der Waals surface area contributed by atoms with Gasteiger partial charge in [-0.3, -0.25) is 4.90 Å². The summed E-state index contributed by atoms with van der Waals surface area (Å²) in [5, 5.41) is 6.74. The number of nitrogens with zero attached hydrogens (tertiary/aromatic N) is 2. The molecule has 1 unspecified atom stereocenters. The SMILES string of the molecule is CC(C)NCc1nc(CN(C)C2CCOC2)cs1. The van der Waals surface area contributed by atoms with Crippen molar-refractivity contribution in [1.29, 1.82) is 0 Å². The first-order valence-corrected chi connectivity index (χ1v) is 7.47. The predicted octanol–water partition coefficient (Wildman–Crippen LogP) is 1.86. The number of nitrogens with one attached hydrogen (secondary N) is 1. The molecular weight excluding hydrogens is 246 g/mol. The second kappa shape index (κ2) is 6.61. The van der Waals surface area contributed by atoms with Gasteiger partial charge in [-0.15, -0.1) is 11.3 Å². The number of thiazole rings is 1. The van der Waals surface area contributed by atoms with Gasteiger partial charge in [0.15, 0.2) is 0 Å². The van der Waals surface area contributed by atoms with Crippen LogP contribution in [0.15, 0.2) is 5.38 Å². The molecule has 0 aliphatic carbocycles. The lowest BCUT2D eigenvalue weighted by Crippen LogP contribution is -2.31. The Bertz CT molecular complexity index is 361. The van der Waals surface area contributed by atoms with E-state index in [1.54, 1.807) is 11.3 Å². The molecule has 1 N–H and O–H groups in total. The molecule has 1 saturated heterocycles. The minimum Gasteiger partial charge on any atom is -0.380 e. The Kier molecular flexibility index (Phi) is 5.12. The zero-order valence-corrected chi connectivity index (χ0v) is 12.3. The lowest BCUT2D eigenvalue weighted by Gasteiger charge is -2.21. The number of likely N-dealkylation sites (N-methyl/N-ethyl adjacent to an activating group) is 1. The Morgan fingerprint density at radius 3 is 3.11 bits per heavy atom. The number of aromatic nitrogens is 1. The molecule has 0 aromatic carbocycles. The molecule has 0 spiro atoms. The van der Waals surface area contributed by atoms with Crippen molar-refractivity contribution in [2.45, 2.75) is 45.4 Å². The van der Waals surface area contributed by atoms with Crippen molar-refractivity contribution < 1.29 is 4.74 Å². The first-order chi connectivity index (χ1) is 8.65. The van der Waals surface area contributed by atoms with Gasteiger partial charge in [0.05, 0.1) is 12.3 Å². The van der Waals surface area contributed by atoms with Gasteiger partial charge in [-0.2, -0.15) is 0 Å². The highest BCUT2D eigenvalue weighted by atomic mass is 32.1. The van der Waals surface area contributed by atoms with Gasteiger partial charge in [-0.1, -0.05) is 13.8 Å². The van der Waals surface area contributed by atoms with Crippen LogP contribution < -0.4 is 5.32 Å². The third kappa shape index (κ3) is 4.02. The topological polar surface area (TPSA) is 37.4 Å². The fourth-order valence-electron chi connectivity index (χ4n) is 2.05. The van der Waals surface area contributed by atoms with Crippen molar-refractivity contribution in [2.75, 3.05) is 20.3 Å². The minimum absolute atomic E-state index is 0.510. The van der Waals surface area contributed by atoms with Crippen LogP contribution in [0.3, 0.4) is 0 Å². The Labute approximate surface area is 113 Å². The minimum atomic E-state index is 0.510. The van der Waals surface area contributed by atoms with Crippen LogP contribution in [0.5, 0.6) is 0 Å². The molecule has 2 heterocycles. The van der Waals surface area contributed by atoms with Crippen LogP contribution in [-0.4, -0.2) is 42.2 Å². The van der Waals surface area contributed by atoms with Gasteiger partial charge < -0.3 is 10.1 Å². The summed E-state index contributed by atoms with van der Waals surface area (Å²) in [6.45, 7) is 7.87. The first kappa shape index (κ1) is 13.9. The van der Waals surface area contributed by atoms with Crippen LogP contribution in [0.2, 0.25) is 0 Å². The highest BCUT2D eigenvalue weighted by Gasteiger charge is 2.20. The van der Waals surface area contributed by atoms with E-state index in [0.29, 0.717) is 12.1 Å². The second-order valence-corrected chi connectivity index (χ2v) is 6.14. The highest BCUT2D eigenvalue weighted by molar-refractivity contribution is 7.09. The number of ether oxygens (including phenoxy) is 1. The molecule has 1 fully saturated rings. The molecule has 0 amide bonds. The summed E-state index contributed by atoms with van der Waals surface area (Å²) in [7, 11) is 2.16. The summed E-state index contributed by atoms with van der Waals surface area (Å²) in [6.07, 6.45) is 1.14. The summed E-state index contributed by atoms with van der Waals surface area (Å²) in [5.41, 5.74) is 1.18. The normalized spacial score (nSPS) is 20.2. The number of hydrogen-bond donors (Lipinski definition) is 1. The average Bonchev–Trinajstić information content (AvgIpc) is 2.97. The lowest BCUT2D eigenvalue weighted by atomic mass is 10.2. The molecule has 1 aromatic rings. The van der Waals surface area contributed by atoms with E-state index in [9.17, 15) is 0 Å². The van der Waals surface area contributed by atoms with Crippen LogP contribution in [0.1, 0.15) is 31.0 Å².